The minimum absolute atomic E-state index is 0.0106. The van der Waals surface area contributed by atoms with Gasteiger partial charge in [0.25, 0.3) is 0 Å². The molecule has 1 aliphatic rings. The molecule has 0 bridgehead atoms. The summed E-state index contributed by atoms with van der Waals surface area (Å²) in [7, 11) is 0. The SMILES string of the molecule is O=C(CNCc1ccno1)NC1CCOCC1. The fraction of sp³-hybridized carbons (Fsp3) is 0.636. The Morgan fingerprint density at radius 3 is 3.00 bits per heavy atom. The number of hydrogen-bond donors (Lipinski definition) is 2. The van der Waals surface area contributed by atoms with Crippen LogP contribution in [0, 0.1) is 0 Å². The highest BCUT2D eigenvalue weighted by molar-refractivity contribution is 5.78. The topological polar surface area (TPSA) is 76.4 Å². The van der Waals surface area contributed by atoms with Gasteiger partial charge in [-0.25, -0.2) is 0 Å². The molecule has 0 radical (unpaired) electrons. The predicted molar refractivity (Wildman–Crippen MR) is 60.2 cm³/mol. The van der Waals surface area contributed by atoms with Crippen LogP contribution >= 0.6 is 0 Å². The largest absolute Gasteiger partial charge is 0.381 e. The second kappa shape index (κ2) is 6.36. The van der Waals surface area contributed by atoms with E-state index in [1.807, 2.05) is 0 Å². The molecule has 2 N–H and O–H groups in total. The highest BCUT2D eigenvalue weighted by Crippen LogP contribution is 2.05. The Bertz CT molecular complexity index is 334. The van der Waals surface area contributed by atoms with Gasteiger partial charge < -0.3 is 19.9 Å². The molecule has 0 aromatic carbocycles. The Hall–Kier alpha value is -1.40. The summed E-state index contributed by atoms with van der Waals surface area (Å²) in [6.07, 6.45) is 3.38. The summed E-state index contributed by atoms with van der Waals surface area (Å²) in [5.74, 6) is 0.736. The fourth-order valence-corrected chi connectivity index (χ4v) is 1.75. The van der Waals surface area contributed by atoms with Crippen LogP contribution in [0.1, 0.15) is 18.6 Å². The van der Waals surface area contributed by atoms with Gasteiger partial charge in [-0.1, -0.05) is 5.16 Å². The number of ether oxygens (including phenoxy) is 1. The number of nitrogens with one attached hydrogen (secondary N) is 2. The van der Waals surface area contributed by atoms with Gasteiger partial charge in [0.15, 0.2) is 0 Å². The highest BCUT2D eigenvalue weighted by Gasteiger charge is 2.15. The van der Waals surface area contributed by atoms with Crippen molar-refractivity contribution in [2.75, 3.05) is 19.8 Å². The lowest BCUT2D eigenvalue weighted by atomic mass is 10.1. The zero-order valence-corrected chi connectivity index (χ0v) is 9.65. The average molecular weight is 239 g/mol. The van der Waals surface area contributed by atoms with Crippen molar-refractivity contribution in [2.45, 2.75) is 25.4 Å². The van der Waals surface area contributed by atoms with E-state index in [4.69, 9.17) is 9.26 Å². The van der Waals surface area contributed by atoms with E-state index in [2.05, 4.69) is 15.8 Å². The summed E-state index contributed by atoms with van der Waals surface area (Å²) in [5, 5.41) is 9.56. The smallest absolute Gasteiger partial charge is 0.234 e. The fourth-order valence-electron chi connectivity index (χ4n) is 1.75. The number of carbonyl (C=O) groups excluding carboxylic acids is 1. The van der Waals surface area contributed by atoms with Crippen LogP contribution in [-0.4, -0.2) is 36.9 Å². The predicted octanol–water partition coefficient (Wildman–Crippen LogP) is 0.0594. The standard InChI is InChI=1S/C11H17N3O3/c15-11(14-9-2-5-16-6-3-9)8-12-7-10-1-4-13-17-10/h1,4,9,12H,2-3,5-8H2,(H,14,15). The zero-order chi connectivity index (χ0) is 11.9. The van der Waals surface area contributed by atoms with Gasteiger partial charge >= 0.3 is 0 Å². The number of nitrogens with zero attached hydrogens (tertiary/aromatic N) is 1. The van der Waals surface area contributed by atoms with Crippen molar-refractivity contribution >= 4 is 5.91 Å². The van der Waals surface area contributed by atoms with Gasteiger partial charge in [0, 0.05) is 25.3 Å². The van der Waals surface area contributed by atoms with Crippen molar-refractivity contribution in [3.05, 3.63) is 18.0 Å². The van der Waals surface area contributed by atoms with Crippen molar-refractivity contribution in [2.24, 2.45) is 0 Å². The molecule has 1 aromatic rings. The van der Waals surface area contributed by atoms with E-state index in [0.29, 0.717) is 6.54 Å². The second-order valence-corrected chi connectivity index (χ2v) is 4.04. The number of hydrogen-bond acceptors (Lipinski definition) is 5. The summed E-state index contributed by atoms with van der Waals surface area (Å²) in [6, 6.07) is 2.02. The molecule has 1 aliphatic heterocycles. The second-order valence-electron chi connectivity index (χ2n) is 4.04. The van der Waals surface area contributed by atoms with Crippen LogP contribution in [0.3, 0.4) is 0 Å². The molecule has 1 saturated heterocycles. The number of aromatic nitrogens is 1. The maximum Gasteiger partial charge on any atom is 0.234 e. The highest BCUT2D eigenvalue weighted by atomic mass is 16.5. The molecule has 2 heterocycles. The van der Waals surface area contributed by atoms with Crippen molar-refractivity contribution in [3.63, 3.8) is 0 Å². The molecule has 0 saturated carbocycles. The Morgan fingerprint density at radius 2 is 2.29 bits per heavy atom. The summed E-state index contributed by atoms with van der Waals surface area (Å²) in [5.41, 5.74) is 0. The molecule has 1 amide bonds. The Morgan fingerprint density at radius 1 is 1.47 bits per heavy atom. The first kappa shape index (κ1) is 12.1. The third-order valence-corrected chi connectivity index (χ3v) is 2.66. The van der Waals surface area contributed by atoms with Crippen molar-refractivity contribution in [1.29, 1.82) is 0 Å². The van der Waals surface area contributed by atoms with Crippen LogP contribution in [0.2, 0.25) is 0 Å². The molecule has 6 nitrogen and oxygen atoms in total. The van der Waals surface area contributed by atoms with Gasteiger partial charge in [0.05, 0.1) is 19.3 Å². The maximum absolute atomic E-state index is 11.6. The Kier molecular flexibility index (Phi) is 4.52. The molecule has 0 spiro atoms. The van der Waals surface area contributed by atoms with Crippen LogP contribution in [0.4, 0.5) is 0 Å². The molecule has 2 rings (SSSR count). The summed E-state index contributed by atoms with van der Waals surface area (Å²) >= 11 is 0. The molecule has 0 aliphatic carbocycles. The van der Waals surface area contributed by atoms with Gasteiger partial charge in [-0.3, -0.25) is 4.79 Å². The quantitative estimate of drug-likeness (QED) is 0.760. The summed E-state index contributed by atoms with van der Waals surface area (Å²) < 4.78 is 10.1. The molecule has 1 fully saturated rings. The van der Waals surface area contributed by atoms with Crippen molar-refractivity contribution in [1.82, 2.24) is 15.8 Å². The molecule has 1 aromatic heterocycles. The average Bonchev–Trinajstić information content (AvgIpc) is 2.83. The first-order chi connectivity index (χ1) is 8.34. The van der Waals surface area contributed by atoms with E-state index >= 15 is 0 Å². The van der Waals surface area contributed by atoms with E-state index < -0.39 is 0 Å². The van der Waals surface area contributed by atoms with Gasteiger partial charge in [0.2, 0.25) is 5.91 Å². The van der Waals surface area contributed by atoms with Crippen LogP contribution in [0.15, 0.2) is 16.8 Å². The lowest BCUT2D eigenvalue weighted by molar-refractivity contribution is -0.121. The van der Waals surface area contributed by atoms with Gasteiger partial charge in [-0.2, -0.15) is 0 Å². The molecule has 17 heavy (non-hydrogen) atoms. The number of amides is 1. The van der Waals surface area contributed by atoms with E-state index in [9.17, 15) is 4.79 Å². The van der Waals surface area contributed by atoms with Crippen LogP contribution in [0.5, 0.6) is 0 Å². The third-order valence-electron chi connectivity index (χ3n) is 2.66. The first-order valence-corrected chi connectivity index (χ1v) is 5.82. The minimum Gasteiger partial charge on any atom is -0.381 e. The monoisotopic (exact) mass is 239 g/mol. The maximum atomic E-state index is 11.6. The zero-order valence-electron chi connectivity index (χ0n) is 9.65. The molecular formula is C11H17N3O3. The van der Waals surface area contributed by atoms with Crippen LogP contribution < -0.4 is 10.6 Å². The van der Waals surface area contributed by atoms with Gasteiger partial charge in [0.1, 0.15) is 5.76 Å². The third kappa shape index (κ3) is 4.16. The molecule has 94 valence electrons. The lowest BCUT2D eigenvalue weighted by Gasteiger charge is -2.23. The van der Waals surface area contributed by atoms with Crippen molar-refractivity contribution in [3.8, 4) is 0 Å². The van der Waals surface area contributed by atoms with Crippen LogP contribution in [0.25, 0.3) is 0 Å². The van der Waals surface area contributed by atoms with Gasteiger partial charge in [-0.05, 0) is 12.8 Å². The van der Waals surface area contributed by atoms with E-state index in [1.165, 1.54) is 0 Å². The normalized spacial score (nSPS) is 16.9. The van der Waals surface area contributed by atoms with E-state index in [-0.39, 0.29) is 18.5 Å². The molecule has 6 heteroatoms. The number of carbonyl (C=O) groups is 1. The summed E-state index contributed by atoms with van der Waals surface area (Å²) in [6.45, 7) is 2.27. The lowest BCUT2D eigenvalue weighted by Crippen LogP contribution is -2.42. The minimum atomic E-state index is 0.0106. The van der Waals surface area contributed by atoms with Crippen molar-refractivity contribution < 1.29 is 14.1 Å². The Labute approximate surface area is 99.7 Å². The van der Waals surface area contributed by atoms with Gasteiger partial charge in [-0.15, -0.1) is 0 Å². The number of rotatable bonds is 5. The molecule has 0 unspecified atom stereocenters. The van der Waals surface area contributed by atoms with E-state index in [0.717, 1.165) is 31.8 Å². The Balaban J connectivity index is 1.60. The van der Waals surface area contributed by atoms with Crippen LogP contribution in [-0.2, 0) is 16.1 Å². The summed E-state index contributed by atoms with van der Waals surface area (Å²) in [4.78, 5) is 11.6. The molecule has 0 atom stereocenters. The molecular weight excluding hydrogens is 222 g/mol. The van der Waals surface area contributed by atoms with E-state index in [1.54, 1.807) is 12.3 Å². The first-order valence-electron chi connectivity index (χ1n) is 5.82.